The number of nitrogens with zero attached hydrogens (tertiary/aromatic N) is 2. The normalized spacial score (nSPS) is 14.2. The van der Waals surface area contributed by atoms with Gasteiger partial charge in [0, 0.05) is 41.3 Å². The standard InChI is InChI=1S/C21H22N2O/c1-15(2)23-19-10-9-17(21(24)22-11-6-12-22)13-18(19)14-20(23)16-7-4-3-5-8-16/h3-5,7-10,13-15H,6,11-12H2,1-2H3. The van der Waals surface area contributed by atoms with Gasteiger partial charge in [0.25, 0.3) is 5.91 Å². The molecule has 2 heterocycles. The molecule has 0 spiro atoms. The third kappa shape index (κ3) is 2.41. The minimum Gasteiger partial charge on any atom is -0.339 e. The number of rotatable bonds is 3. The van der Waals surface area contributed by atoms with Crippen molar-refractivity contribution < 1.29 is 4.79 Å². The summed E-state index contributed by atoms with van der Waals surface area (Å²) in [5.41, 5.74) is 4.39. The highest BCUT2D eigenvalue weighted by Gasteiger charge is 2.22. The van der Waals surface area contributed by atoms with Gasteiger partial charge in [-0.1, -0.05) is 30.3 Å². The Balaban J connectivity index is 1.84. The van der Waals surface area contributed by atoms with Crippen LogP contribution >= 0.6 is 0 Å². The van der Waals surface area contributed by atoms with Gasteiger partial charge in [0.05, 0.1) is 0 Å². The van der Waals surface area contributed by atoms with Gasteiger partial charge in [0.15, 0.2) is 0 Å². The van der Waals surface area contributed by atoms with Crippen LogP contribution in [-0.4, -0.2) is 28.5 Å². The molecule has 0 unspecified atom stereocenters. The number of carbonyl (C=O) groups excluding carboxylic acids is 1. The molecule has 2 aromatic carbocycles. The van der Waals surface area contributed by atoms with Crippen LogP contribution in [0.2, 0.25) is 0 Å². The minimum atomic E-state index is 0.154. The van der Waals surface area contributed by atoms with E-state index >= 15 is 0 Å². The van der Waals surface area contributed by atoms with E-state index in [2.05, 4.69) is 54.8 Å². The first-order valence-electron chi connectivity index (χ1n) is 8.65. The molecule has 0 aliphatic carbocycles. The molecule has 122 valence electrons. The van der Waals surface area contributed by atoms with Crippen molar-refractivity contribution in [2.45, 2.75) is 26.3 Å². The molecular weight excluding hydrogens is 296 g/mol. The van der Waals surface area contributed by atoms with E-state index in [4.69, 9.17) is 0 Å². The van der Waals surface area contributed by atoms with Gasteiger partial charge >= 0.3 is 0 Å². The quantitative estimate of drug-likeness (QED) is 0.685. The van der Waals surface area contributed by atoms with Crippen LogP contribution in [0.15, 0.2) is 54.6 Å². The highest BCUT2D eigenvalue weighted by molar-refractivity contribution is 5.99. The summed E-state index contributed by atoms with van der Waals surface area (Å²) in [6.07, 6.45) is 1.12. The molecule has 1 aliphatic heterocycles. The fourth-order valence-electron chi connectivity index (χ4n) is 3.46. The lowest BCUT2D eigenvalue weighted by molar-refractivity contribution is 0.0652. The maximum atomic E-state index is 12.5. The number of amides is 1. The minimum absolute atomic E-state index is 0.154. The third-order valence-electron chi connectivity index (χ3n) is 4.82. The van der Waals surface area contributed by atoms with E-state index in [9.17, 15) is 4.79 Å². The molecular formula is C21H22N2O. The number of hydrogen-bond donors (Lipinski definition) is 0. The predicted molar refractivity (Wildman–Crippen MR) is 98.3 cm³/mol. The second-order valence-electron chi connectivity index (χ2n) is 6.78. The molecule has 0 atom stereocenters. The maximum absolute atomic E-state index is 12.5. The Bertz CT molecular complexity index is 889. The highest BCUT2D eigenvalue weighted by Crippen LogP contribution is 2.32. The van der Waals surface area contributed by atoms with Crippen molar-refractivity contribution in [3.63, 3.8) is 0 Å². The molecule has 1 saturated heterocycles. The second kappa shape index (κ2) is 5.82. The number of likely N-dealkylation sites (tertiary alicyclic amines) is 1. The monoisotopic (exact) mass is 318 g/mol. The lowest BCUT2D eigenvalue weighted by atomic mass is 10.1. The second-order valence-corrected chi connectivity index (χ2v) is 6.78. The molecule has 1 aromatic heterocycles. The zero-order valence-electron chi connectivity index (χ0n) is 14.2. The topological polar surface area (TPSA) is 25.2 Å². The Labute approximate surface area is 142 Å². The molecule has 3 nitrogen and oxygen atoms in total. The molecule has 3 aromatic rings. The molecule has 3 heteroatoms. The molecule has 24 heavy (non-hydrogen) atoms. The van der Waals surface area contributed by atoms with Crippen molar-refractivity contribution in [1.82, 2.24) is 9.47 Å². The van der Waals surface area contributed by atoms with Gasteiger partial charge in [0.1, 0.15) is 0 Å². The zero-order valence-corrected chi connectivity index (χ0v) is 14.2. The zero-order chi connectivity index (χ0) is 16.7. The van der Waals surface area contributed by atoms with Gasteiger partial charge in [-0.3, -0.25) is 4.79 Å². The van der Waals surface area contributed by atoms with E-state index in [0.29, 0.717) is 6.04 Å². The fraction of sp³-hybridized carbons (Fsp3) is 0.286. The van der Waals surface area contributed by atoms with E-state index < -0.39 is 0 Å². The fourth-order valence-corrected chi connectivity index (χ4v) is 3.46. The van der Waals surface area contributed by atoms with Crippen LogP contribution in [0, 0.1) is 0 Å². The number of benzene rings is 2. The Kier molecular flexibility index (Phi) is 3.64. The molecule has 4 rings (SSSR count). The number of hydrogen-bond acceptors (Lipinski definition) is 1. The number of fused-ring (bicyclic) bond motifs is 1. The molecule has 1 fully saturated rings. The van der Waals surface area contributed by atoms with Crippen molar-refractivity contribution in [3.05, 3.63) is 60.2 Å². The summed E-state index contributed by atoms with van der Waals surface area (Å²) in [5, 5.41) is 1.13. The van der Waals surface area contributed by atoms with Crippen molar-refractivity contribution in [3.8, 4) is 11.3 Å². The van der Waals surface area contributed by atoms with Gasteiger partial charge in [-0.2, -0.15) is 0 Å². The first kappa shape index (κ1) is 15.0. The van der Waals surface area contributed by atoms with Crippen molar-refractivity contribution >= 4 is 16.8 Å². The Hall–Kier alpha value is -2.55. The largest absolute Gasteiger partial charge is 0.339 e. The van der Waals surface area contributed by atoms with Crippen LogP contribution in [-0.2, 0) is 0 Å². The Morgan fingerprint density at radius 1 is 1.00 bits per heavy atom. The molecule has 0 saturated carbocycles. The number of carbonyl (C=O) groups is 1. The Morgan fingerprint density at radius 2 is 1.75 bits per heavy atom. The first-order valence-corrected chi connectivity index (χ1v) is 8.65. The molecule has 0 radical (unpaired) electrons. The highest BCUT2D eigenvalue weighted by atomic mass is 16.2. The van der Waals surface area contributed by atoms with Crippen LogP contribution < -0.4 is 0 Å². The van der Waals surface area contributed by atoms with Gasteiger partial charge < -0.3 is 9.47 Å². The van der Waals surface area contributed by atoms with Crippen molar-refractivity contribution in [2.24, 2.45) is 0 Å². The van der Waals surface area contributed by atoms with E-state index in [1.807, 2.05) is 23.1 Å². The van der Waals surface area contributed by atoms with Crippen LogP contribution in [0.25, 0.3) is 22.2 Å². The summed E-state index contributed by atoms with van der Waals surface area (Å²) >= 11 is 0. The third-order valence-corrected chi connectivity index (χ3v) is 4.82. The smallest absolute Gasteiger partial charge is 0.253 e. The summed E-state index contributed by atoms with van der Waals surface area (Å²) in [6.45, 7) is 6.17. The van der Waals surface area contributed by atoms with Crippen LogP contribution in [0.4, 0.5) is 0 Å². The molecule has 1 amide bonds. The van der Waals surface area contributed by atoms with Gasteiger partial charge in [-0.25, -0.2) is 0 Å². The first-order chi connectivity index (χ1) is 11.6. The summed E-state index contributed by atoms with van der Waals surface area (Å²) in [7, 11) is 0. The maximum Gasteiger partial charge on any atom is 0.253 e. The SMILES string of the molecule is CC(C)n1c(-c2ccccc2)cc2cc(C(=O)N3CCC3)ccc21. The Morgan fingerprint density at radius 3 is 2.38 bits per heavy atom. The lowest BCUT2D eigenvalue weighted by Gasteiger charge is -2.30. The van der Waals surface area contributed by atoms with E-state index in [1.165, 1.54) is 16.8 Å². The van der Waals surface area contributed by atoms with Crippen LogP contribution in [0.3, 0.4) is 0 Å². The predicted octanol–water partition coefficient (Wildman–Crippen LogP) is 4.74. The average molecular weight is 318 g/mol. The van der Waals surface area contributed by atoms with Gasteiger partial charge in [0.2, 0.25) is 0 Å². The van der Waals surface area contributed by atoms with E-state index in [-0.39, 0.29) is 5.91 Å². The molecule has 1 aliphatic rings. The van der Waals surface area contributed by atoms with Crippen LogP contribution in [0.5, 0.6) is 0 Å². The van der Waals surface area contributed by atoms with E-state index in [0.717, 1.165) is 30.5 Å². The van der Waals surface area contributed by atoms with Crippen LogP contribution in [0.1, 0.15) is 36.7 Å². The molecule has 0 N–H and O–H groups in total. The number of aromatic nitrogens is 1. The lowest BCUT2D eigenvalue weighted by Crippen LogP contribution is -2.41. The summed E-state index contributed by atoms with van der Waals surface area (Å²) in [6, 6.07) is 19.1. The van der Waals surface area contributed by atoms with Crippen molar-refractivity contribution in [1.29, 1.82) is 0 Å². The summed E-state index contributed by atoms with van der Waals surface area (Å²) < 4.78 is 2.35. The van der Waals surface area contributed by atoms with Gasteiger partial charge in [-0.05, 0) is 50.1 Å². The van der Waals surface area contributed by atoms with Crippen molar-refractivity contribution in [2.75, 3.05) is 13.1 Å². The van der Waals surface area contributed by atoms with Gasteiger partial charge in [-0.15, -0.1) is 0 Å². The average Bonchev–Trinajstić information content (AvgIpc) is 2.92. The van der Waals surface area contributed by atoms with E-state index in [1.54, 1.807) is 0 Å². The molecule has 0 bridgehead atoms. The summed E-state index contributed by atoms with van der Waals surface area (Å²) in [5.74, 6) is 0.154. The summed E-state index contributed by atoms with van der Waals surface area (Å²) in [4.78, 5) is 14.4.